The Bertz CT molecular complexity index is 354. The molecular weight excluding hydrogens is 250 g/mol. The highest BCUT2D eigenvalue weighted by Gasteiger charge is 2.30. The summed E-state index contributed by atoms with van der Waals surface area (Å²) in [6.07, 6.45) is 2.69. The molecule has 6 heteroatoms. The molecule has 1 amide bonds. The van der Waals surface area contributed by atoms with E-state index in [9.17, 15) is 9.90 Å². The second-order valence-electron chi connectivity index (χ2n) is 3.06. The van der Waals surface area contributed by atoms with E-state index < -0.39 is 6.10 Å². The number of rotatable bonds is 1. The first-order chi connectivity index (χ1) is 6.66. The first-order valence-electron chi connectivity index (χ1n) is 4.13. The summed E-state index contributed by atoms with van der Waals surface area (Å²) >= 11 is 3.20. The van der Waals surface area contributed by atoms with Gasteiger partial charge in [-0.3, -0.25) is 9.69 Å². The molecule has 0 spiro atoms. The molecule has 1 aliphatic heterocycles. The molecule has 1 N–H and O–H groups in total. The largest absolute Gasteiger partial charge is 0.391 e. The number of anilines is 1. The SMILES string of the molecule is O=C1CC(O)CN1c1ncc(Br)cn1. The number of carbonyl (C=O) groups is 1. The highest BCUT2D eigenvalue weighted by atomic mass is 79.9. The third-order valence-electron chi connectivity index (χ3n) is 1.95. The number of carbonyl (C=O) groups excluding carboxylic acids is 1. The van der Waals surface area contributed by atoms with Crippen LogP contribution in [-0.4, -0.2) is 33.6 Å². The molecule has 1 atom stereocenters. The van der Waals surface area contributed by atoms with Gasteiger partial charge in [-0.1, -0.05) is 0 Å². The first kappa shape index (κ1) is 9.54. The van der Waals surface area contributed by atoms with Crippen LogP contribution in [-0.2, 0) is 4.79 Å². The minimum atomic E-state index is -0.602. The number of aliphatic hydroxyl groups is 1. The minimum Gasteiger partial charge on any atom is -0.391 e. The lowest BCUT2D eigenvalue weighted by Gasteiger charge is -2.12. The second kappa shape index (κ2) is 3.62. The summed E-state index contributed by atoms with van der Waals surface area (Å²) in [5, 5.41) is 9.26. The predicted molar refractivity (Wildman–Crippen MR) is 52.7 cm³/mol. The Balaban J connectivity index is 2.23. The smallest absolute Gasteiger partial charge is 0.232 e. The molecule has 0 aromatic carbocycles. The summed E-state index contributed by atoms with van der Waals surface area (Å²) in [5.41, 5.74) is 0. The molecule has 5 nitrogen and oxygen atoms in total. The molecule has 0 saturated carbocycles. The number of β-amino-alcohol motifs (C(OH)–C–C–N with tert-alkyl or cyclic N) is 1. The van der Waals surface area contributed by atoms with Crippen molar-refractivity contribution < 1.29 is 9.90 Å². The lowest BCUT2D eigenvalue weighted by Crippen LogP contribution is -2.27. The Morgan fingerprint density at radius 1 is 1.50 bits per heavy atom. The van der Waals surface area contributed by atoms with E-state index in [2.05, 4.69) is 25.9 Å². The van der Waals surface area contributed by atoms with E-state index >= 15 is 0 Å². The minimum absolute atomic E-state index is 0.139. The molecule has 0 bridgehead atoms. The number of hydrogen-bond acceptors (Lipinski definition) is 4. The normalized spacial score (nSPS) is 21.7. The third-order valence-corrected chi connectivity index (χ3v) is 2.36. The van der Waals surface area contributed by atoms with Gasteiger partial charge in [0.1, 0.15) is 0 Å². The molecule has 14 heavy (non-hydrogen) atoms. The van der Waals surface area contributed by atoms with Gasteiger partial charge in [0.25, 0.3) is 0 Å². The lowest BCUT2D eigenvalue weighted by molar-refractivity contribution is -0.117. The van der Waals surface area contributed by atoms with Gasteiger partial charge in [-0.25, -0.2) is 9.97 Å². The first-order valence-corrected chi connectivity index (χ1v) is 4.92. The van der Waals surface area contributed by atoms with E-state index in [0.29, 0.717) is 5.95 Å². The fourth-order valence-corrected chi connectivity index (χ4v) is 1.53. The maximum atomic E-state index is 11.3. The van der Waals surface area contributed by atoms with Gasteiger partial charge < -0.3 is 5.11 Å². The quantitative estimate of drug-likeness (QED) is 0.788. The Kier molecular flexibility index (Phi) is 2.47. The van der Waals surface area contributed by atoms with Gasteiger partial charge in [0.15, 0.2) is 0 Å². The Labute approximate surface area is 88.9 Å². The van der Waals surface area contributed by atoms with Gasteiger partial charge in [-0.05, 0) is 15.9 Å². The molecule has 1 fully saturated rings. The monoisotopic (exact) mass is 257 g/mol. The van der Waals surface area contributed by atoms with E-state index in [1.54, 1.807) is 12.4 Å². The van der Waals surface area contributed by atoms with Crippen molar-refractivity contribution in [2.24, 2.45) is 0 Å². The van der Waals surface area contributed by atoms with Crippen LogP contribution in [0.2, 0.25) is 0 Å². The van der Waals surface area contributed by atoms with Crippen molar-refractivity contribution in [3.8, 4) is 0 Å². The van der Waals surface area contributed by atoms with E-state index in [1.165, 1.54) is 4.90 Å². The Morgan fingerprint density at radius 2 is 2.14 bits per heavy atom. The molecule has 1 unspecified atom stereocenters. The van der Waals surface area contributed by atoms with Crippen LogP contribution >= 0.6 is 15.9 Å². The van der Waals surface area contributed by atoms with Crippen molar-refractivity contribution in [3.63, 3.8) is 0 Å². The van der Waals surface area contributed by atoms with E-state index in [-0.39, 0.29) is 18.9 Å². The van der Waals surface area contributed by atoms with Crippen LogP contribution in [0.4, 0.5) is 5.95 Å². The molecule has 1 aliphatic rings. The van der Waals surface area contributed by atoms with Gasteiger partial charge in [-0.15, -0.1) is 0 Å². The molecule has 1 aromatic heterocycles. The molecule has 1 aromatic rings. The molecule has 74 valence electrons. The Hall–Kier alpha value is -1.01. The van der Waals surface area contributed by atoms with Crippen molar-refractivity contribution in [2.75, 3.05) is 11.4 Å². The topological polar surface area (TPSA) is 66.3 Å². The summed E-state index contributed by atoms with van der Waals surface area (Å²) < 4.78 is 0.758. The number of nitrogens with zero attached hydrogens (tertiary/aromatic N) is 3. The van der Waals surface area contributed by atoms with Gasteiger partial charge in [0, 0.05) is 12.4 Å². The van der Waals surface area contributed by atoms with Crippen molar-refractivity contribution >= 4 is 27.8 Å². The number of aromatic nitrogens is 2. The standard InChI is InChI=1S/C8H8BrN3O2/c9-5-2-10-8(11-3-5)12-4-6(13)1-7(12)14/h2-3,6,13H,1,4H2. The van der Waals surface area contributed by atoms with Crippen LogP contribution in [0.3, 0.4) is 0 Å². The fraction of sp³-hybridized carbons (Fsp3) is 0.375. The highest BCUT2D eigenvalue weighted by molar-refractivity contribution is 9.10. The predicted octanol–water partition coefficient (Wildman–Crippen LogP) is 0.337. The number of halogens is 1. The fourth-order valence-electron chi connectivity index (χ4n) is 1.33. The van der Waals surface area contributed by atoms with Crippen LogP contribution in [0.1, 0.15) is 6.42 Å². The van der Waals surface area contributed by atoms with Crippen LogP contribution in [0.15, 0.2) is 16.9 Å². The molecule has 2 heterocycles. The van der Waals surface area contributed by atoms with E-state index in [4.69, 9.17) is 0 Å². The summed E-state index contributed by atoms with van der Waals surface area (Å²) in [5.74, 6) is 0.203. The van der Waals surface area contributed by atoms with Crippen LogP contribution in [0.25, 0.3) is 0 Å². The second-order valence-corrected chi connectivity index (χ2v) is 3.98. The zero-order valence-corrected chi connectivity index (χ0v) is 8.81. The van der Waals surface area contributed by atoms with E-state index in [0.717, 1.165) is 4.47 Å². The van der Waals surface area contributed by atoms with Gasteiger partial charge in [0.2, 0.25) is 11.9 Å². The maximum Gasteiger partial charge on any atom is 0.232 e. The van der Waals surface area contributed by atoms with Crippen LogP contribution < -0.4 is 4.90 Å². The molecule has 1 saturated heterocycles. The van der Waals surface area contributed by atoms with Gasteiger partial charge in [0.05, 0.1) is 23.5 Å². The summed E-state index contributed by atoms with van der Waals surface area (Å²) in [6, 6.07) is 0. The van der Waals surface area contributed by atoms with Crippen LogP contribution in [0, 0.1) is 0 Å². The number of hydrogen-bond donors (Lipinski definition) is 1. The number of aliphatic hydroxyl groups excluding tert-OH is 1. The maximum absolute atomic E-state index is 11.3. The molecule has 0 aliphatic carbocycles. The van der Waals surface area contributed by atoms with Gasteiger partial charge >= 0.3 is 0 Å². The lowest BCUT2D eigenvalue weighted by atomic mass is 10.3. The Morgan fingerprint density at radius 3 is 2.64 bits per heavy atom. The zero-order valence-electron chi connectivity index (χ0n) is 7.22. The third kappa shape index (κ3) is 1.76. The average molecular weight is 258 g/mol. The summed E-state index contributed by atoms with van der Waals surface area (Å²) in [4.78, 5) is 20.7. The molecule has 0 radical (unpaired) electrons. The molecule has 2 rings (SSSR count). The summed E-state index contributed by atoms with van der Waals surface area (Å²) in [7, 11) is 0. The van der Waals surface area contributed by atoms with Crippen LogP contribution in [0.5, 0.6) is 0 Å². The van der Waals surface area contributed by atoms with Crippen molar-refractivity contribution in [1.82, 2.24) is 9.97 Å². The van der Waals surface area contributed by atoms with E-state index in [1.807, 2.05) is 0 Å². The zero-order chi connectivity index (χ0) is 10.1. The van der Waals surface area contributed by atoms with Crippen molar-refractivity contribution in [1.29, 1.82) is 0 Å². The van der Waals surface area contributed by atoms with Crippen molar-refractivity contribution in [3.05, 3.63) is 16.9 Å². The summed E-state index contributed by atoms with van der Waals surface area (Å²) in [6.45, 7) is 0.278. The average Bonchev–Trinajstić information content (AvgIpc) is 2.47. The highest BCUT2D eigenvalue weighted by Crippen LogP contribution is 2.17. The van der Waals surface area contributed by atoms with Gasteiger partial charge in [-0.2, -0.15) is 0 Å². The van der Waals surface area contributed by atoms with Crippen molar-refractivity contribution in [2.45, 2.75) is 12.5 Å². The number of amides is 1. The molecular formula is C8H8BrN3O2.